The molecule has 250 valence electrons. The van der Waals surface area contributed by atoms with Crippen molar-refractivity contribution in [1.29, 1.82) is 0 Å². The van der Waals surface area contributed by atoms with Crippen molar-refractivity contribution in [3.63, 3.8) is 0 Å². The number of anilines is 2. The molecule has 0 aliphatic heterocycles. The van der Waals surface area contributed by atoms with Crippen LogP contribution in [0.25, 0.3) is 12.2 Å². The molecule has 2 aliphatic carbocycles. The summed E-state index contributed by atoms with van der Waals surface area (Å²) in [6.45, 7) is 16.2. The summed E-state index contributed by atoms with van der Waals surface area (Å²) in [5.41, 5.74) is 0. The van der Waals surface area contributed by atoms with Crippen molar-refractivity contribution >= 4 is 35.9 Å². The Balaban J connectivity index is 0.000000831. The van der Waals surface area contributed by atoms with Gasteiger partial charge in [0.05, 0.1) is 12.0 Å². The van der Waals surface area contributed by atoms with E-state index in [4.69, 9.17) is 14.7 Å². The zero-order valence-corrected chi connectivity index (χ0v) is 28.5. The second-order valence-electron chi connectivity index (χ2n) is 9.18. The molecule has 7 nitrogen and oxygen atoms in total. The SMILES string of the molecule is C=C/C=c1/c(NCCOC)nc(NCC2CCCCC2)nc1=CCC.CC.CC.CNSC1=CC=C(OC(F)(F)F)CC=C1. The van der Waals surface area contributed by atoms with Crippen LogP contribution >= 0.6 is 11.9 Å². The van der Waals surface area contributed by atoms with Gasteiger partial charge in [0, 0.05) is 36.7 Å². The molecule has 44 heavy (non-hydrogen) atoms. The van der Waals surface area contributed by atoms with Crippen molar-refractivity contribution in [1.82, 2.24) is 14.7 Å². The molecule has 0 bridgehead atoms. The van der Waals surface area contributed by atoms with Gasteiger partial charge in [-0.2, -0.15) is 4.98 Å². The van der Waals surface area contributed by atoms with E-state index in [2.05, 4.69) is 39.7 Å². The topological polar surface area (TPSA) is 80.3 Å². The predicted molar refractivity (Wildman–Crippen MR) is 183 cm³/mol. The van der Waals surface area contributed by atoms with Gasteiger partial charge in [-0.15, -0.1) is 13.2 Å². The van der Waals surface area contributed by atoms with Crippen LogP contribution in [-0.4, -0.2) is 50.2 Å². The first-order valence-electron chi connectivity index (χ1n) is 15.6. The lowest BCUT2D eigenvalue weighted by Gasteiger charge is -2.21. The highest BCUT2D eigenvalue weighted by molar-refractivity contribution is 8.01. The summed E-state index contributed by atoms with van der Waals surface area (Å²) >= 11 is 1.33. The lowest BCUT2D eigenvalue weighted by molar-refractivity contribution is -0.305. The Morgan fingerprint density at radius 1 is 1.07 bits per heavy atom. The Morgan fingerprint density at radius 3 is 2.36 bits per heavy atom. The van der Waals surface area contributed by atoms with Crippen molar-refractivity contribution in [2.24, 2.45) is 5.92 Å². The maximum absolute atomic E-state index is 11.9. The molecule has 0 unspecified atom stereocenters. The van der Waals surface area contributed by atoms with Crippen LogP contribution in [0.15, 0.2) is 47.6 Å². The fourth-order valence-electron chi connectivity index (χ4n) is 4.23. The molecule has 1 aromatic heterocycles. The van der Waals surface area contributed by atoms with E-state index in [-0.39, 0.29) is 12.2 Å². The monoisotopic (exact) mass is 641 g/mol. The summed E-state index contributed by atoms with van der Waals surface area (Å²) in [7, 11) is 3.44. The van der Waals surface area contributed by atoms with Crippen molar-refractivity contribution in [2.75, 3.05) is 44.5 Å². The molecule has 2 aliphatic rings. The van der Waals surface area contributed by atoms with Crippen molar-refractivity contribution in [3.05, 3.63) is 58.2 Å². The number of allylic oxidation sites excluding steroid dienone is 5. The van der Waals surface area contributed by atoms with Crippen molar-refractivity contribution in [3.8, 4) is 0 Å². The predicted octanol–water partition coefficient (Wildman–Crippen LogP) is 7.85. The zero-order valence-electron chi connectivity index (χ0n) is 27.7. The minimum absolute atomic E-state index is 0.106. The summed E-state index contributed by atoms with van der Waals surface area (Å²) in [4.78, 5) is 10.3. The van der Waals surface area contributed by atoms with Crippen LogP contribution in [-0.2, 0) is 9.47 Å². The van der Waals surface area contributed by atoms with Gasteiger partial charge in [0.2, 0.25) is 5.95 Å². The highest BCUT2D eigenvalue weighted by atomic mass is 32.2. The smallest absolute Gasteiger partial charge is 0.410 e. The number of aromatic nitrogens is 2. The fraction of sp³-hybridized carbons (Fsp3) is 0.576. The first kappa shape index (κ1) is 41.2. The van der Waals surface area contributed by atoms with Gasteiger partial charge in [0.15, 0.2) is 0 Å². The number of nitrogens with one attached hydrogen (secondary N) is 3. The number of hydrogen-bond acceptors (Lipinski definition) is 8. The van der Waals surface area contributed by atoms with E-state index in [0.29, 0.717) is 19.1 Å². The summed E-state index contributed by atoms with van der Waals surface area (Å²) in [5, 5.41) is 8.75. The maximum Gasteiger partial charge on any atom is 0.572 e. The van der Waals surface area contributed by atoms with Crippen LogP contribution in [0.1, 0.15) is 79.6 Å². The maximum atomic E-state index is 11.9. The molecule has 3 rings (SSSR count). The molecule has 1 fully saturated rings. The van der Waals surface area contributed by atoms with Gasteiger partial charge in [0.1, 0.15) is 11.6 Å². The van der Waals surface area contributed by atoms with Crippen LogP contribution in [0.3, 0.4) is 0 Å². The number of alkyl halides is 3. The van der Waals surface area contributed by atoms with Crippen LogP contribution in [0.2, 0.25) is 0 Å². The molecule has 0 amide bonds. The van der Waals surface area contributed by atoms with Gasteiger partial charge < -0.3 is 20.1 Å². The molecule has 0 aromatic carbocycles. The molecule has 0 spiro atoms. The van der Waals surface area contributed by atoms with Gasteiger partial charge in [-0.1, -0.05) is 84.8 Å². The molecule has 1 aromatic rings. The standard InChI is InChI=1S/C20H32N4O.C9H10F3NOS.2C2H6/c1-4-9-17-18(10-5-2)23-20(24-19(17)21-13-14-25-3)22-15-16-11-7-6-8-12-16;1-13-15-8-4-2-3-7(5-6-8)14-9(10,11)12;2*1-2/h4,9-10,16H,1,5-8,11-15H2,2-3H3,(H2,21,22,23,24);2,4-6,13H,3H2,1H3;2*1-2H3/b17-9+,18-10?;;;. The second kappa shape index (κ2) is 25.6. The minimum Gasteiger partial charge on any atom is -0.410 e. The van der Waals surface area contributed by atoms with E-state index in [9.17, 15) is 13.2 Å². The number of nitrogens with zero attached hydrogens (tertiary/aromatic N) is 2. The van der Waals surface area contributed by atoms with E-state index in [1.807, 2.05) is 33.8 Å². The zero-order chi connectivity index (χ0) is 33.2. The summed E-state index contributed by atoms with van der Waals surface area (Å²) < 4.78 is 47.5. The molecule has 0 atom stereocenters. The van der Waals surface area contributed by atoms with E-state index >= 15 is 0 Å². The number of rotatable bonds is 12. The van der Waals surface area contributed by atoms with Gasteiger partial charge in [-0.05, 0) is 62.4 Å². The van der Waals surface area contributed by atoms with Crippen LogP contribution in [0.5, 0.6) is 0 Å². The lowest BCUT2D eigenvalue weighted by atomic mass is 9.89. The highest BCUT2D eigenvalue weighted by Gasteiger charge is 2.31. The number of methoxy groups -OCH3 is 1. The van der Waals surface area contributed by atoms with Crippen LogP contribution < -0.4 is 25.9 Å². The van der Waals surface area contributed by atoms with Crippen molar-refractivity contribution in [2.45, 2.75) is 85.9 Å². The fourth-order valence-corrected chi connectivity index (χ4v) is 4.77. The average molecular weight is 642 g/mol. The minimum atomic E-state index is -4.62. The summed E-state index contributed by atoms with van der Waals surface area (Å²) in [6, 6.07) is 0. The first-order chi connectivity index (χ1) is 21.3. The third kappa shape index (κ3) is 18.1. The van der Waals surface area contributed by atoms with E-state index < -0.39 is 6.36 Å². The third-order valence-corrected chi connectivity index (χ3v) is 6.74. The molecule has 1 saturated carbocycles. The Morgan fingerprint density at radius 2 is 1.77 bits per heavy atom. The van der Waals surface area contributed by atoms with E-state index in [0.717, 1.165) is 40.2 Å². The summed E-state index contributed by atoms with van der Waals surface area (Å²) in [5.74, 6) is 2.16. The normalized spacial score (nSPS) is 15.6. The van der Waals surface area contributed by atoms with Crippen molar-refractivity contribution < 1.29 is 22.6 Å². The van der Waals surface area contributed by atoms with E-state index in [1.165, 1.54) is 50.1 Å². The highest BCUT2D eigenvalue weighted by Crippen LogP contribution is 2.26. The molecule has 3 N–H and O–H groups in total. The Labute approximate surface area is 267 Å². The second-order valence-corrected chi connectivity index (χ2v) is 10.3. The molecular weight excluding hydrogens is 587 g/mol. The van der Waals surface area contributed by atoms with Gasteiger partial charge in [-0.25, -0.2) is 4.98 Å². The molecule has 11 heteroatoms. The van der Waals surface area contributed by atoms with E-state index in [1.54, 1.807) is 38.5 Å². The largest absolute Gasteiger partial charge is 0.572 e. The Bertz CT molecular complexity index is 1130. The molecule has 0 radical (unpaired) electrons. The lowest BCUT2D eigenvalue weighted by Crippen LogP contribution is -2.34. The Hall–Kier alpha value is -2.76. The molecular formula is C33H54F3N5O2S. The third-order valence-electron chi connectivity index (χ3n) is 6.03. The first-order valence-corrected chi connectivity index (χ1v) is 16.5. The average Bonchev–Trinajstić information content (AvgIpc) is 3.24. The molecule has 1 heterocycles. The van der Waals surface area contributed by atoms with Gasteiger partial charge in [0.25, 0.3) is 0 Å². The van der Waals surface area contributed by atoms with Crippen LogP contribution in [0, 0.1) is 5.92 Å². The summed E-state index contributed by atoms with van der Waals surface area (Å²) in [6.07, 6.45) is 15.3. The Kier molecular flexibility index (Phi) is 24.0. The number of halogens is 3. The van der Waals surface area contributed by atoms with Gasteiger partial charge in [-0.3, -0.25) is 4.72 Å². The number of ether oxygens (including phenoxy) is 2. The quantitative estimate of drug-likeness (QED) is 0.157. The van der Waals surface area contributed by atoms with Crippen LogP contribution in [0.4, 0.5) is 24.9 Å². The number of hydrogen-bond donors (Lipinski definition) is 3. The van der Waals surface area contributed by atoms with Gasteiger partial charge >= 0.3 is 6.36 Å². The molecule has 0 saturated heterocycles.